The van der Waals surface area contributed by atoms with Crippen molar-refractivity contribution in [3.8, 4) is 0 Å². The van der Waals surface area contributed by atoms with Crippen LogP contribution in [-0.4, -0.2) is 30.3 Å². The number of carbonyl (C=O) groups excluding carboxylic acids is 2. The summed E-state index contributed by atoms with van der Waals surface area (Å²) in [6, 6.07) is -0.113. The van der Waals surface area contributed by atoms with Gasteiger partial charge in [-0.25, -0.2) is 4.79 Å². The third-order valence-corrected chi connectivity index (χ3v) is 3.17. The first-order valence-corrected chi connectivity index (χ1v) is 7.51. The van der Waals surface area contributed by atoms with Crippen molar-refractivity contribution in [2.45, 2.75) is 59.1 Å². The summed E-state index contributed by atoms with van der Waals surface area (Å²) in [6.45, 7) is 10.0. The van der Waals surface area contributed by atoms with Gasteiger partial charge in [0.2, 0.25) is 0 Å². The molecule has 1 aliphatic heterocycles. The van der Waals surface area contributed by atoms with Crippen LogP contribution < -0.4 is 5.32 Å². The Kier molecular flexibility index (Phi) is 6.24. The molecule has 0 aromatic heterocycles. The number of cyclic esters (lactones) is 1. The van der Waals surface area contributed by atoms with E-state index in [0.29, 0.717) is 13.0 Å². The number of hydrogen-bond acceptors (Lipinski definition) is 4. The number of ether oxygens (including phenoxy) is 2. The molecule has 0 aromatic rings. The van der Waals surface area contributed by atoms with Gasteiger partial charge >= 0.3 is 12.1 Å². The summed E-state index contributed by atoms with van der Waals surface area (Å²) in [6.07, 6.45) is 4.78. The van der Waals surface area contributed by atoms with E-state index >= 15 is 0 Å². The summed E-state index contributed by atoms with van der Waals surface area (Å²) in [4.78, 5) is 23.1. The highest BCUT2D eigenvalue weighted by atomic mass is 16.6. The zero-order valence-electron chi connectivity index (χ0n) is 13.6. The molecule has 5 heteroatoms. The van der Waals surface area contributed by atoms with Crippen LogP contribution in [0.4, 0.5) is 4.79 Å². The second kappa shape index (κ2) is 7.48. The van der Waals surface area contributed by atoms with E-state index in [4.69, 9.17) is 9.47 Å². The van der Waals surface area contributed by atoms with Crippen molar-refractivity contribution in [2.75, 3.05) is 6.61 Å². The van der Waals surface area contributed by atoms with E-state index in [1.807, 2.05) is 46.8 Å². The lowest BCUT2D eigenvalue weighted by molar-refractivity contribution is -0.148. The van der Waals surface area contributed by atoms with Crippen LogP contribution in [0.2, 0.25) is 0 Å². The Morgan fingerprint density at radius 3 is 2.62 bits per heavy atom. The summed E-state index contributed by atoms with van der Waals surface area (Å²) in [5.74, 6) is 0.273. The van der Waals surface area contributed by atoms with Gasteiger partial charge in [0.05, 0.1) is 19.1 Å². The number of alkyl carbamates (subject to hydrolysis) is 1. The molecule has 0 aromatic carbocycles. The average molecular weight is 297 g/mol. The fourth-order valence-electron chi connectivity index (χ4n) is 2.02. The second-order valence-electron chi connectivity index (χ2n) is 6.77. The molecule has 2 atom stereocenters. The minimum atomic E-state index is -0.511. The lowest BCUT2D eigenvalue weighted by Gasteiger charge is -2.24. The summed E-state index contributed by atoms with van der Waals surface area (Å²) >= 11 is 0. The van der Waals surface area contributed by atoms with Crippen molar-refractivity contribution in [2.24, 2.45) is 11.8 Å². The van der Waals surface area contributed by atoms with Crippen molar-refractivity contribution in [1.29, 1.82) is 0 Å². The van der Waals surface area contributed by atoms with Gasteiger partial charge in [-0.1, -0.05) is 26.0 Å². The summed E-state index contributed by atoms with van der Waals surface area (Å²) < 4.78 is 10.2. The Balaban J connectivity index is 2.57. The van der Waals surface area contributed by atoms with Crippen molar-refractivity contribution in [3.63, 3.8) is 0 Å². The number of hydrogen-bond donors (Lipinski definition) is 1. The van der Waals surface area contributed by atoms with E-state index in [2.05, 4.69) is 5.32 Å². The Bertz CT molecular complexity index is 396. The van der Waals surface area contributed by atoms with E-state index in [1.54, 1.807) is 0 Å². The van der Waals surface area contributed by atoms with Gasteiger partial charge < -0.3 is 14.8 Å². The lowest BCUT2D eigenvalue weighted by atomic mass is 9.96. The van der Waals surface area contributed by atoms with Gasteiger partial charge in [0, 0.05) is 0 Å². The smallest absolute Gasteiger partial charge is 0.408 e. The molecule has 21 heavy (non-hydrogen) atoms. The predicted molar refractivity (Wildman–Crippen MR) is 80.8 cm³/mol. The van der Waals surface area contributed by atoms with Crippen LogP contribution in [-0.2, 0) is 14.3 Å². The molecule has 1 amide bonds. The van der Waals surface area contributed by atoms with Gasteiger partial charge in [0.25, 0.3) is 0 Å². The number of esters is 1. The molecular formula is C16H27NO4. The molecule has 1 unspecified atom stereocenters. The van der Waals surface area contributed by atoms with Crippen molar-refractivity contribution in [1.82, 2.24) is 5.32 Å². The molecule has 5 nitrogen and oxygen atoms in total. The molecule has 0 bridgehead atoms. The van der Waals surface area contributed by atoms with Crippen LogP contribution in [0, 0.1) is 11.8 Å². The maximum absolute atomic E-state index is 11.8. The summed E-state index contributed by atoms with van der Waals surface area (Å²) in [7, 11) is 0. The third kappa shape index (κ3) is 7.16. The molecule has 1 saturated heterocycles. The number of nitrogens with one attached hydrogen (secondary N) is 1. The summed E-state index contributed by atoms with van der Waals surface area (Å²) in [5, 5.41) is 2.86. The molecule has 0 spiro atoms. The van der Waals surface area contributed by atoms with E-state index in [-0.39, 0.29) is 23.8 Å². The molecule has 1 N–H and O–H groups in total. The lowest BCUT2D eigenvalue weighted by Crippen LogP contribution is -2.40. The van der Waals surface area contributed by atoms with E-state index in [9.17, 15) is 9.59 Å². The highest BCUT2D eigenvalue weighted by Gasteiger charge is 2.22. The standard InChI is InChI=1S/C16H27NO4/c1-11(2)13(17-15(19)21-16(3,4)5)7-6-12-8-9-20-14(18)10-12/h6-7,11-13H,8-10H2,1-5H3,(H,17,19)/b7-6+/t12?,13-/m1/s1. The molecule has 0 saturated carbocycles. The molecule has 1 rings (SSSR count). The van der Waals surface area contributed by atoms with Crippen LogP contribution in [0.3, 0.4) is 0 Å². The largest absolute Gasteiger partial charge is 0.466 e. The van der Waals surface area contributed by atoms with Crippen LogP contribution in [0.25, 0.3) is 0 Å². The van der Waals surface area contributed by atoms with Crippen molar-refractivity contribution >= 4 is 12.1 Å². The minimum Gasteiger partial charge on any atom is -0.466 e. The molecule has 120 valence electrons. The first-order chi connectivity index (χ1) is 9.67. The molecule has 1 fully saturated rings. The molecular weight excluding hydrogens is 270 g/mol. The predicted octanol–water partition coefficient (Wildman–Crippen LogP) is 3.05. The number of carbonyl (C=O) groups is 2. The SMILES string of the molecule is CC(C)[C@@H](/C=C/C1CCOC(=O)C1)NC(=O)OC(C)(C)C. The Labute approximate surface area is 127 Å². The first kappa shape index (κ1) is 17.5. The van der Waals surface area contributed by atoms with E-state index in [0.717, 1.165) is 6.42 Å². The minimum absolute atomic E-state index is 0.113. The molecule has 0 aliphatic carbocycles. The number of rotatable bonds is 4. The number of allylic oxidation sites excluding steroid dienone is 1. The Hall–Kier alpha value is -1.52. The molecule has 0 radical (unpaired) electrons. The maximum atomic E-state index is 11.8. The molecule has 1 heterocycles. The van der Waals surface area contributed by atoms with Gasteiger partial charge in [0.15, 0.2) is 0 Å². The van der Waals surface area contributed by atoms with Gasteiger partial charge in [0.1, 0.15) is 5.60 Å². The zero-order chi connectivity index (χ0) is 16.0. The van der Waals surface area contributed by atoms with Crippen LogP contribution >= 0.6 is 0 Å². The first-order valence-electron chi connectivity index (χ1n) is 7.51. The van der Waals surface area contributed by atoms with Crippen molar-refractivity contribution < 1.29 is 19.1 Å². The maximum Gasteiger partial charge on any atom is 0.408 e. The van der Waals surface area contributed by atoms with Gasteiger partial charge in [-0.3, -0.25) is 4.79 Å². The van der Waals surface area contributed by atoms with Crippen LogP contribution in [0.1, 0.15) is 47.5 Å². The number of amides is 1. The topological polar surface area (TPSA) is 64.6 Å². The fourth-order valence-corrected chi connectivity index (χ4v) is 2.02. The summed E-state index contributed by atoms with van der Waals surface area (Å²) in [5.41, 5.74) is -0.511. The second-order valence-corrected chi connectivity index (χ2v) is 6.77. The zero-order valence-corrected chi connectivity index (χ0v) is 13.6. The normalized spacial score (nSPS) is 21.2. The Morgan fingerprint density at radius 1 is 1.43 bits per heavy atom. The Morgan fingerprint density at radius 2 is 2.10 bits per heavy atom. The monoisotopic (exact) mass is 297 g/mol. The fraction of sp³-hybridized carbons (Fsp3) is 0.750. The van der Waals surface area contributed by atoms with Gasteiger partial charge in [-0.2, -0.15) is 0 Å². The van der Waals surface area contributed by atoms with Crippen LogP contribution in [0.5, 0.6) is 0 Å². The van der Waals surface area contributed by atoms with Gasteiger partial charge in [-0.15, -0.1) is 0 Å². The van der Waals surface area contributed by atoms with E-state index < -0.39 is 11.7 Å². The quantitative estimate of drug-likeness (QED) is 0.640. The highest BCUT2D eigenvalue weighted by Crippen LogP contribution is 2.18. The average Bonchev–Trinajstić information content (AvgIpc) is 2.32. The molecule has 1 aliphatic rings. The van der Waals surface area contributed by atoms with Crippen molar-refractivity contribution in [3.05, 3.63) is 12.2 Å². The highest BCUT2D eigenvalue weighted by molar-refractivity contribution is 5.70. The third-order valence-electron chi connectivity index (χ3n) is 3.17. The van der Waals surface area contributed by atoms with Gasteiger partial charge in [-0.05, 0) is 39.0 Å². The van der Waals surface area contributed by atoms with Crippen LogP contribution in [0.15, 0.2) is 12.2 Å². The van der Waals surface area contributed by atoms with E-state index in [1.165, 1.54) is 0 Å².